The van der Waals surface area contributed by atoms with Crippen LogP contribution >= 0.6 is 0 Å². The van der Waals surface area contributed by atoms with E-state index >= 15 is 0 Å². The average molecular weight is 378 g/mol. The molecular formula is C22H22N2O4. The molecule has 28 heavy (non-hydrogen) atoms. The molecule has 0 unspecified atom stereocenters. The largest absolute Gasteiger partial charge is 0.505 e. The zero-order valence-corrected chi connectivity index (χ0v) is 16.2. The molecule has 0 aliphatic heterocycles. The summed E-state index contributed by atoms with van der Waals surface area (Å²) < 4.78 is 5.55. The first kappa shape index (κ1) is 19.5. The maximum atomic E-state index is 12.3. The number of carboxylic acid groups (broad SMARTS) is 1. The Morgan fingerprint density at radius 2 is 1.61 bits per heavy atom. The molecule has 0 bridgehead atoms. The van der Waals surface area contributed by atoms with Crippen molar-refractivity contribution in [3.63, 3.8) is 0 Å². The van der Waals surface area contributed by atoms with E-state index < -0.39 is 17.3 Å². The number of hydrogen-bond acceptors (Lipinski definition) is 5. The van der Waals surface area contributed by atoms with Crippen LogP contribution in [0.3, 0.4) is 0 Å². The summed E-state index contributed by atoms with van der Waals surface area (Å²) in [4.78, 5) is 12.3. The van der Waals surface area contributed by atoms with Crippen molar-refractivity contribution in [3.8, 4) is 12.1 Å². The van der Waals surface area contributed by atoms with E-state index in [-0.39, 0.29) is 23.0 Å². The van der Waals surface area contributed by atoms with Crippen LogP contribution in [0.25, 0.3) is 5.57 Å². The van der Waals surface area contributed by atoms with Crippen LogP contribution in [0.2, 0.25) is 0 Å². The lowest BCUT2D eigenvalue weighted by Gasteiger charge is -2.18. The molecule has 1 aromatic rings. The predicted molar refractivity (Wildman–Crippen MR) is 102 cm³/mol. The molecule has 1 heterocycles. The lowest BCUT2D eigenvalue weighted by atomic mass is 9.86. The molecular weight excluding hydrogens is 356 g/mol. The van der Waals surface area contributed by atoms with E-state index in [1.54, 1.807) is 39.0 Å². The first-order chi connectivity index (χ1) is 13.3. The first-order valence-electron chi connectivity index (χ1n) is 9.29. The molecule has 0 saturated heterocycles. The fourth-order valence-corrected chi connectivity index (χ4v) is 3.78. The number of nitrogens with zero attached hydrogens (tertiary/aromatic N) is 2. The number of furan rings is 1. The standard InChI is InChI=1S/C22H22N2O4/c1-11-8-17(13(3)28-11)12(2)18(22(26)27)20(21(25)16(9-23)10-24)19(14-4-5-14)15-6-7-15/h8,14-15,25H,4-7H2,1-3H3,(H,26,27)/b18-12-. The van der Waals surface area contributed by atoms with Crippen LogP contribution in [-0.2, 0) is 4.79 Å². The molecule has 6 nitrogen and oxygen atoms in total. The number of allylic oxidation sites excluding steroid dienone is 4. The van der Waals surface area contributed by atoms with Crippen molar-refractivity contribution in [3.05, 3.63) is 51.2 Å². The molecule has 144 valence electrons. The van der Waals surface area contributed by atoms with Gasteiger partial charge >= 0.3 is 5.97 Å². The Hall–Kier alpha value is -3.25. The summed E-state index contributed by atoms with van der Waals surface area (Å²) in [5.41, 5.74) is 1.55. The van der Waals surface area contributed by atoms with Crippen LogP contribution in [0, 0.1) is 48.3 Å². The molecule has 2 N–H and O–H groups in total. The molecule has 2 aliphatic carbocycles. The molecule has 0 aromatic carbocycles. The van der Waals surface area contributed by atoms with Gasteiger partial charge in [-0.05, 0) is 69.9 Å². The van der Waals surface area contributed by atoms with Gasteiger partial charge in [0.25, 0.3) is 0 Å². The van der Waals surface area contributed by atoms with Gasteiger partial charge in [-0.25, -0.2) is 4.79 Å². The van der Waals surface area contributed by atoms with Gasteiger partial charge in [-0.1, -0.05) is 5.57 Å². The van der Waals surface area contributed by atoms with Crippen LogP contribution in [0.5, 0.6) is 0 Å². The molecule has 0 radical (unpaired) electrons. The molecule has 2 fully saturated rings. The van der Waals surface area contributed by atoms with Gasteiger partial charge < -0.3 is 14.6 Å². The summed E-state index contributed by atoms with van der Waals surface area (Å²) in [6.07, 6.45) is 3.69. The quantitative estimate of drug-likeness (QED) is 0.320. The Labute approximate surface area is 163 Å². The van der Waals surface area contributed by atoms with Crippen LogP contribution in [0.4, 0.5) is 0 Å². The van der Waals surface area contributed by atoms with Gasteiger partial charge in [0.15, 0.2) is 11.3 Å². The minimum Gasteiger partial charge on any atom is -0.505 e. The van der Waals surface area contributed by atoms with E-state index in [9.17, 15) is 25.5 Å². The molecule has 1 aromatic heterocycles. The average Bonchev–Trinajstić information content (AvgIpc) is 3.55. The highest BCUT2D eigenvalue weighted by atomic mass is 16.4. The van der Waals surface area contributed by atoms with Crippen LogP contribution in [0.1, 0.15) is 49.7 Å². The van der Waals surface area contributed by atoms with E-state index in [4.69, 9.17) is 4.42 Å². The number of nitriles is 2. The second-order valence-corrected chi connectivity index (χ2v) is 7.46. The lowest BCUT2D eigenvalue weighted by molar-refractivity contribution is -0.132. The van der Waals surface area contributed by atoms with E-state index in [1.807, 2.05) is 0 Å². The van der Waals surface area contributed by atoms with Gasteiger partial charge in [0.1, 0.15) is 23.7 Å². The summed E-state index contributed by atoms with van der Waals surface area (Å²) in [6, 6.07) is 5.15. The number of carbonyl (C=O) groups is 1. The normalized spacial score (nSPS) is 16.5. The van der Waals surface area contributed by atoms with Gasteiger partial charge in [0, 0.05) is 11.1 Å². The maximum Gasteiger partial charge on any atom is 0.336 e. The monoisotopic (exact) mass is 378 g/mol. The molecule has 0 spiro atoms. The molecule has 0 atom stereocenters. The number of carboxylic acids is 1. The van der Waals surface area contributed by atoms with Crippen molar-refractivity contribution >= 4 is 11.5 Å². The van der Waals surface area contributed by atoms with Gasteiger partial charge in [0.05, 0.1) is 5.57 Å². The van der Waals surface area contributed by atoms with E-state index in [1.165, 1.54) is 0 Å². The maximum absolute atomic E-state index is 12.3. The third-order valence-electron chi connectivity index (χ3n) is 5.30. The van der Waals surface area contributed by atoms with Crippen molar-refractivity contribution in [1.29, 1.82) is 10.5 Å². The number of aliphatic hydroxyl groups excluding tert-OH is 1. The van der Waals surface area contributed by atoms with Crippen molar-refractivity contribution in [2.75, 3.05) is 0 Å². The van der Waals surface area contributed by atoms with Crippen molar-refractivity contribution in [2.24, 2.45) is 11.8 Å². The Kier molecular flexibility index (Phi) is 5.16. The highest BCUT2D eigenvalue weighted by Crippen LogP contribution is 2.52. The molecule has 6 heteroatoms. The van der Waals surface area contributed by atoms with Crippen molar-refractivity contribution in [1.82, 2.24) is 0 Å². The Morgan fingerprint density at radius 3 is 1.96 bits per heavy atom. The van der Waals surface area contributed by atoms with E-state index in [2.05, 4.69) is 0 Å². The number of rotatable bonds is 6. The van der Waals surface area contributed by atoms with Crippen molar-refractivity contribution in [2.45, 2.75) is 46.5 Å². The SMILES string of the molecule is C/C(=C(/C(=O)O)C(C(O)=C(C#N)C#N)=C(C1CC1)C1CC1)c1cc(C)oc1C. The third kappa shape index (κ3) is 3.59. The second-order valence-electron chi connectivity index (χ2n) is 7.46. The second kappa shape index (κ2) is 7.40. The number of aliphatic carboxylic acids is 1. The molecule has 2 aliphatic rings. The van der Waals surface area contributed by atoms with Crippen LogP contribution in [0.15, 0.2) is 38.5 Å². The summed E-state index contributed by atoms with van der Waals surface area (Å²) in [7, 11) is 0. The number of hydrogen-bond donors (Lipinski definition) is 2. The summed E-state index contributed by atoms with van der Waals surface area (Å²) in [5.74, 6) is -0.118. The Morgan fingerprint density at radius 1 is 1.07 bits per heavy atom. The Balaban J connectivity index is 2.37. The van der Waals surface area contributed by atoms with E-state index in [0.29, 0.717) is 22.7 Å². The summed E-state index contributed by atoms with van der Waals surface area (Å²) in [6.45, 7) is 5.20. The third-order valence-corrected chi connectivity index (χ3v) is 5.30. The minimum absolute atomic E-state index is 0.0711. The molecule has 2 saturated carbocycles. The number of aliphatic hydroxyl groups is 1. The first-order valence-corrected chi connectivity index (χ1v) is 9.29. The number of aryl methyl sites for hydroxylation is 2. The van der Waals surface area contributed by atoms with Crippen LogP contribution in [-0.4, -0.2) is 16.2 Å². The zero-order valence-electron chi connectivity index (χ0n) is 16.2. The highest BCUT2D eigenvalue weighted by Gasteiger charge is 2.41. The highest BCUT2D eigenvalue weighted by molar-refractivity contribution is 6.02. The Bertz CT molecular complexity index is 986. The van der Waals surface area contributed by atoms with Gasteiger partial charge in [-0.15, -0.1) is 0 Å². The lowest BCUT2D eigenvalue weighted by Crippen LogP contribution is -2.13. The van der Waals surface area contributed by atoms with Gasteiger partial charge in [-0.3, -0.25) is 0 Å². The fraction of sp³-hybridized carbons (Fsp3) is 0.409. The molecule has 0 amide bonds. The van der Waals surface area contributed by atoms with E-state index in [0.717, 1.165) is 31.3 Å². The molecule has 3 rings (SSSR count). The topological polar surface area (TPSA) is 118 Å². The fourth-order valence-electron chi connectivity index (χ4n) is 3.78. The van der Waals surface area contributed by atoms with Crippen LogP contribution < -0.4 is 0 Å². The zero-order chi connectivity index (χ0) is 20.6. The minimum atomic E-state index is -1.20. The van der Waals surface area contributed by atoms with Gasteiger partial charge in [0.2, 0.25) is 0 Å². The smallest absolute Gasteiger partial charge is 0.336 e. The van der Waals surface area contributed by atoms with Gasteiger partial charge in [-0.2, -0.15) is 10.5 Å². The summed E-state index contributed by atoms with van der Waals surface area (Å²) >= 11 is 0. The van der Waals surface area contributed by atoms with Crippen molar-refractivity contribution < 1.29 is 19.4 Å². The summed E-state index contributed by atoms with van der Waals surface area (Å²) in [5, 5.41) is 39.5. The predicted octanol–water partition coefficient (Wildman–Crippen LogP) is 4.73.